The Kier molecular flexibility index (Phi) is 8.72. The fraction of sp³-hybridized carbons (Fsp3) is 0.562. The molecule has 1 aromatic carbocycles. The van der Waals surface area contributed by atoms with Gasteiger partial charge in [0, 0.05) is 34.9 Å². The highest BCUT2D eigenvalue weighted by Gasteiger charge is 2.62. The monoisotopic (exact) mass is 612 g/mol. The van der Waals surface area contributed by atoms with Crippen LogP contribution in [-0.4, -0.2) is 66.1 Å². The number of hydrogen-bond donors (Lipinski definition) is 1. The number of ketones is 1. The number of benzene rings is 1. The van der Waals surface area contributed by atoms with Crippen LogP contribution in [0.25, 0.3) is 0 Å². The lowest BCUT2D eigenvalue weighted by Gasteiger charge is -2.45. The SMILES string of the molecule is CCC1(CC)C2C(=O)C(/C=N/N(CC(C)C)C3=NS(=O)(=O)c4cc(OC(C)C)ccc43)=CC=C2N(C(=O)O)C1C(C)(C)C. The molecular weight excluding hydrogens is 568 g/mol. The van der Waals surface area contributed by atoms with Gasteiger partial charge in [0.2, 0.25) is 0 Å². The van der Waals surface area contributed by atoms with Crippen molar-refractivity contribution in [2.75, 3.05) is 6.54 Å². The minimum Gasteiger partial charge on any atom is -0.491 e. The van der Waals surface area contributed by atoms with Crippen molar-refractivity contribution in [3.8, 4) is 5.75 Å². The van der Waals surface area contributed by atoms with E-state index in [4.69, 9.17) is 4.74 Å². The van der Waals surface area contributed by atoms with Crippen molar-refractivity contribution < 1.29 is 27.9 Å². The van der Waals surface area contributed by atoms with E-state index in [1.807, 2.05) is 62.3 Å². The number of nitrogens with zero attached hydrogens (tertiary/aromatic N) is 4. The van der Waals surface area contributed by atoms with Crippen molar-refractivity contribution in [3.05, 3.63) is 47.2 Å². The molecule has 2 aliphatic heterocycles. The number of ether oxygens (including phenoxy) is 1. The number of hydrogen-bond acceptors (Lipinski definition) is 7. The summed E-state index contributed by atoms with van der Waals surface area (Å²) in [5, 5.41) is 16.4. The molecule has 0 aromatic heterocycles. The number of carbonyl (C=O) groups excluding carboxylic acids is 1. The van der Waals surface area contributed by atoms with Crippen LogP contribution in [0.4, 0.5) is 4.79 Å². The van der Waals surface area contributed by atoms with Gasteiger partial charge in [0.05, 0.1) is 24.3 Å². The summed E-state index contributed by atoms with van der Waals surface area (Å²) in [6.45, 7) is 18.1. The summed E-state index contributed by atoms with van der Waals surface area (Å²) >= 11 is 0. The van der Waals surface area contributed by atoms with Gasteiger partial charge in [-0.2, -0.15) is 13.5 Å². The van der Waals surface area contributed by atoms with Crippen LogP contribution in [0.5, 0.6) is 5.75 Å². The van der Waals surface area contributed by atoms with Gasteiger partial charge in [0.25, 0.3) is 10.0 Å². The van der Waals surface area contributed by atoms with Crippen LogP contribution >= 0.6 is 0 Å². The van der Waals surface area contributed by atoms with Crippen molar-refractivity contribution in [1.29, 1.82) is 0 Å². The summed E-state index contributed by atoms with van der Waals surface area (Å²) in [4.78, 5) is 28.2. The maximum absolute atomic E-state index is 14.2. The predicted molar refractivity (Wildman–Crippen MR) is 167 cm³/mol. The molecule has 2 unspecified atom stereocenters. The Morgan fingerprint density at radius 3 is 2.37 bits per heavy atom. The summed E-state index contributed by atoms with van der Waals surface area (Å²) in [5.41, 5.74) is 0.234. The van der Waals surface area contributed by atoms with Crippen LogP contribution < -0.4 is 4.74 Å². The normalized spacial score (nSPS) is 22.4. The number of rotatable bonds is 8. The molecule has 0 bridgehead atoms. The number of carbonyl (C=O) groups is 2. The molecule has 1 amide bonds. The molecule has 0 radical (unpaired) electrons. The lowest BCUT2D eigenvalue weighted by atomic mass is 9.60. The zero-order chi connectivity index (χ0) is 32.1. The summed E-state index contributed by atoms with van der Waals surface area (Å²) in [7, 11) is -3.98. The van der Waals surface area contributed by atoms with Gasteiger partial charge in [-0.1, -0.05) is 48.5 Å². The van der Waals surface area contributed by atoms with Crippen molar-refractivity contribution in [1.82, 2.24) is 9.91 Å². The van der Waals surface area contributed by atoms with Crippen molar-refractivity contribution in [3.63, 3.8) is 0 Å². The number of likely N-dealkylation sites (tertiary alicyclic amines) is 1. The number of Topliss-reactive ketones (excluding diaryl/α,β-unsaturated/α-hetero) is 1. The Hall–Kier alpha value is -3.47. The molecule has 0 saturated carbocycles. The molecule has 1 aliphatic carbocycles. The molecule has 11 heteroatoms. The number of fused-ring (bicyclic) bond motifs is 2. The molecule has 4 rings (SSSR count). The number of amides is 1. The van der Waals surface area contributed by atoms with Gasteiger partial charge in [-0.25, -0.2) is 9.80 Å². The van der Waals surface area contributed by atoms with Crippen molar-refractivity contribution in [2.45, 2.75) is 92.2 Å². The molecule has 1 aromatic rings. The largest absolute Gasteiger partial charge is 0.491 e. The average Bonchev–Trinajstić information content (AvgIpc) is 3.36. The van der Waals surface area contributed by atoms with Gasteiger partial charge >= 0.3 is 6.09 Å². The first kappa shape index (κ1) is 32.4. The number of allylic oxidation sites excluding steroid dienone is 4. The average molecular weight is 613 g/mol. The van der Waals surface area contributed by atoms with E-state index in [1.165, 1.54) is 22.2 Å². The summed E-state index contributed by atoms with van der Waals surface area (Å²) < 4.78 is 35.9. The van der Waals surface area contributed by atoms with E-state index < -0.39 is 38.9 Å². The molecule has 43 heavy (non-hydrogen) atoms. The number of amidine groups is 1. The summed E-state index contributed by atoms with van der Waals surface area (Å²) in [6, 6.07) is 4.46. The Labute approximate surface area is 255 Å². The lowest BCUT2D eigenvalue weighted by Crippen LogP contribution is -2.51. The van der Waals surface area contributed by atoms with Crippen LogP contribution in [-0.2, 0) is 14.8 Å². The maximum Gasteiger partial charge on any atom is 0.411 e. The third-order valence-electron chi connectivity index (χ3n) is 8.44. The second-order valence-electron chi connectivity index (χ2n) is 13.3. The fourth-order valence-electron chi connectivity index (χ4n) is 6.93. The molecule has 0 spiro atoms. The molecule has 234 valence electrons. The van der Waals surface area contributed by atoms with Gasteiger partial charge < -0.3 is 9.84 Å². The second-order valence-corrected chi connectivity index (χ2v) is 14.9. The van der Waals surface area contributed by atoms with E-state index in [1.54, 1.807) is 24.3 Å². The molecule has 3 aliphatic rings. The quantitative estimate of drug-likeness (QED) is 0.278. The van der Waals surface area contributed by atoms with Crippen LogP contribution in [0.1, 0.15) is 80.7 Å². The van der Waals surface area contributed by atoms with Crippen molar-refractivity contribution >= 4 is 33.9 Å². The Morgan fingerprint density at radius 1 is 1.19 bits per heavy atom. The molecule has 1 saturated heterocycles. The van der Waals surface area contributed by atoms with E-state index in [-0.39, 0.29) is 28.5 Å². The molecule has 1 N–H and O–H groups in total. The van der Waals surface area contributed by atoms with Crippen LogP contribution in [0.3, 0.4) is 0 Å². The smallest absolute Gasteiger partial charge is 0.411 e. The third kappa shape index (κ3) is 5.75. The van der Waals surface area contributed by atoms with Gasteiger partial charge in [-0.3, -0.25) is 9.69 Å². The van der Waals surface area contributed by atoms with E-state index >= 15 is 0 Å². The van der Waals surface area contributed by atoms with Crippen LogP contribution in [0.15, 0.2) is 56.0 Å². The summed E-state index contributed by atoms with van der Waals surface area (Å²) in [5.74, 6) is -0.124. The number of sulfonamides is 1. The molecule has 10 nitrogen and oxygen atoms in total. The van der Waals surface area contributed by atoms with Gasteiger partial charge in [-0.05, 0) is 62.3 Å². The van der Waals surface area contributed by atoms with E-state index in [9.17, 15) is 23.1 Å². The van der Waals surface area contributed by atoms with E-state index in [2.05, 4.69) is 9.50 Å². The minimum absolute atomic E-state index is 0.0498. The van der Waals surface area contributed by atoms with E-state index in [0.29, 0.717) is 42.0 Å². The standard InChI is InChI=1S/C32H44N4O6S/c1-10-32(11-2)26-24(36(30(38)39)29(32)31(7,8)9)15-12-21(27(26)37)17-33-35(18-19(3)4)28-23-14-13-22(42-20(5)6)16-25(23)43(40,41)34-28/h12-17,19-20,26,29H,10-11,18H2,1-9H3,(H,38,39)/b33-17+. The Bertz CT molecular complexity index is 1530. The molecule has 1 fully saturated rings. The highest BCUT2D eigenvalue weighted by Crippen LogP contribution is 2.58. The zero-order valence-electron chi connectivity index (χ0n) is 26.6. The third-order valence-corrected chi connectivity index (χ3v) is 9.75. The second kappa shape index (κ2) is 11.6. The predicted octanol–water partition coefficient (Wildman–Crippen LogP) is 6.09. The lowest BCUT2D eigenvalue weighted by molar-refractivity contribution is -0.121. The van der Waals surface area contributed by atoms with Gasteiger partial charge in [-0.15, -0.1) is 4.40 Å². The van der Waals surface area contributed by atoms with Gasteiger partial charge in [0.1, 0.15) is 10.6 Å². The first-order valence-corrected chi connectivity index (χ1v) is 16.4. The maximum atomic E-state index is 14.2. The highest BCUT2D eigenvalue weighted by molar-refractivity contribution is 7.90. The first-order valence-electron chi connectivity index (χ1n) is 14.9. The van der Waals surface area contributed by atoms with Crippen molar-refractivity contribution in [2.24, 2.45) is 32.2 Å². The van der Waals surface area contributed by atoms with Crippen LogP contribution in [0, 0.1) is 22.7 Å². The fourth-order valence-corrected chi connectivity index (χ4v) is 8.15. The first-order chi connectivity index (χ1) is 20.0. The topological polar surface area (TPSA) is 129 Å². The number of hydrazone groups is 1. The molecular formula is C32H44N4O6S. The summed E-state index contributed by atoms with van der Waals surface area (Å²) in [6.07, 6.45) is 4.85. The number of carboxylic acid groups (broad SMARTS) is 1. The van der Waals surface area contributed by atoms with Crippen LogP contribution in [0.2, 0.25) is 0 Å². The van der Waals surface area contributed by atoms with Gasteiger partial charge in [0.15, 0.2) is 11.6 Å². The zero-order valence-corrected chi connectivity index (χ0v) is 27.4. The Balaban J connectivity index is 1.75. The molecule has 2 atom stereocenters. The highest BCUT2D eigenvalue weighted by atomic mass is 32.2. The van der Waals surface area contributed by atoms with E-state index in [0.717, 1.165) is 0 Å². The Morgan fingerprint density at radius 2 is 1.84 bits per heavy atom. The minimum atomic E-state index is -3.98. The molecule has 2 heterocycles.